The first kappa shape index (κ1) is 7.38. The number of hydrogen-bond acceptors (Lipinski definition) is 3. The van der Waals surface area contributed by atoms with Gasteiger partial charge in [-0.15, -0.1) is 0 Å². The molecule has 0 amide bonds. The van der Waals surface area contributed by atoms with Crippen LogP contribution < -0.4 is 5.73 Å². The molecule has 4 heteroatoms. The quantitative estimate of drug-likeness (QED) is 0.674. The second kappa shape index (κ2) is 2.07. The van der Waals surface area contributed by atoms with Crippen molar-refractivity contribution in [1.82, 2.24) is 9.78 Å². The van der Waals surface area contributed by atoms with Gasteiger partial charge in [-0.3, -0.25) is 4.68 Å². The van der Waals surface area contributed by atoms with Gasteiger partial charge in [0.15, 0.2) is 0 Å². The van der Waals surface area contributed by atoms with E-state index in [1.54, 1.807) is 4.68 Å². The highest BCUT2D eigenvalue weighted by molar-refractivity contribution is 5.39. The van der Waals surface area contributed by atoms with Crippen LogP contribution in [0.3, 0.4) is 0 Å². The minimum Gasteiger partial charge on any atom is -0.384 e. The molecule has 2 aliphatic rings. The van der Waals surface area contributed by atoms with E-state index in [0.717, 1.165) is 24.7 Å². The van der Waals surface area contributed by atoms with E-state index in [9.17, 15) is 0 Å². The number of nitrogens with zero attached hydrogens (tertiary/aromatic N) is 2. The van der Waals surface area contributed by atoms with Gasteiger partial charge in [-0.1, -0.05) is 0 Å². The Morgan fingerprint density at radius 2 is 2.62 bits per heavy atom. The van der Waals surface area contributed by atoms with Gasteiger partial charge in [-0.2, -0.15) is 5.10 Å². The average molecular weight is 179 g/mol. The maximum Gasteiger partial charge on any atom is 0.121 e. The second-order valence-electron chi connectivity index (χ2n) is 4.15. The molecule has 0 aromatic carbocycles. The van der Waals surface area contributed by atoms with Crippen LogP contribution in [-0.4, -0.2) is 23.0 Å². The molecule has 0 bridgehead atoms. The summed E-state index contributed by atoms with van der Waals surface area (Å²) in [6.45, 7) is 1.73. The number of nitrogen functional groups attached to an aromatic ring is 1. The highest BCUT2D eigenvalue weighted by Gasteiger charge is 2.60. The summed E-state index contributed by atoms with van der Waals surface area (Å²) >= 11 is 0. The molecule has 0 radical (unpaired) electrons. The molecule has 1 aromatic rings. The smallest absolute Gasteiger partial charge is 0.121 e. The lowest BCUT2D eigenvalue weighted by Gasteiger charge is -2.05. The zero-order valence-electron chi connectivity index (χ0n) is 7.66. The minimum absolute atomic E-state index is 0.232. The molecule has 1 aliphatic carbocycles. The fourth-order valence-corrected chi connectivity index (χ4v) is 2.27. The fourth-order valence-electron chi connectivity index (χ4n) is 2.27. The number of ether oxygens (including phenoxy) is 1. The predicted molar refractivity (Wildman–Crippen MR) is 48.2 cm³/mol. The molecule has 0 spiro atoms. The number of rotatable bonds is 1. The predicted octanol–water partition coefficient (Wildman–Crippen LogP) is 0.290. The van der Waals surface area contributed by atoms with Gasteiger partial charge < -0.3 is 10.5 Å². The first-order chi connectivity index (χ1) is 6.22. The van der Waals surface area contributed by atoms with Gasteiger partial charge >= 0.3 is 0 Å². The number of hydrogen-bond donors (Lipinski definition) is 1. The molecule has 1 aliphatic heterocycles. The molecule has 1 aromatic heterocycles. The van der Waals surface area contributed by atoms with Gasteiger partial charge in [0.2, 0.25) is 0 Å². The lowest BCUT2D eigenvalue weighted by atomic mass is 10.0. The van der Waals surface area contributed by atoms with Gasteiger partial charge in [0.1, 0.15) is 5.82 Å². The van der Waals surface area contributed by atoms with Crippen LogP contribution >= 0.6 is 0 Å². The van der Waals surface area contributed by atoms with Crippen molar-refractivity contribution in [3.8, 4) is 0 Å². The third kappa shape index (κ3) is 0.812. The summed E-state index contributed by atoms with van der Waals surface area (Å²) in [5, 5.41) is 4.42. The molecule has 4 nitrogen and oxygen atoms in total. The Hall–Kier alpha value is -1.03. The van der Waals surface area contributed by atoms with Crippen LogP contribution in [0, 0.1) is 5.92 Å². The van der Waals surface area contributed by atoms with Crippen LogP contribution in [0.4, 0.5) is 5.82 Å². The third-order valence-electron chi connectivity index (χ3n) is 3.34. The van der Waals surface area contributed by atoms with E-state index in [1.807, 2.05) is 13.1 Å². The summed E-state index contributed by atoms with van der Waals surface area (Å²) < 4.78 is 7.16. The molecule has 2 fully saturated rings. The largest absolute Gasteiger partial charge is 0.384 e. The van der Waals surface area contributed by atoms with Crippen LogP contribution in [-0.2, 0) is 17.2 Å². The van der Waals surface area contributed by atoms with E-state index in [4.69, 9.17) is 10.5 Å². The number of aromatic nitrogens is 2. The minimum atomic E-state index is 0.232. The van der Waals surface area contributed by atoms with Crippen molar-refractivity contribution in [1.29, 1.82) is 0 Å². The topological polar surface area (TPSA) is 53.1 Å². The van der Waals surface area contributed by atoms with Gasteiger partial charge in [0.25, 0.3) is 0 Å². The Morgan fingerprint density at radius 1 is 1.77 bits per heavy atom. The van der Waals surface area contributed by atoms with Crippen molar-refractivity contribution in [2.24, 2.45) is 13.0 Å². The fraction of sp³-hybridized carbons (Fsp3) is 0.667. The molecular weight excluding hydrogens is 166 g/mol. The Balaban J connectivity index is 2.01. The number of fused-ring (bicyclic) bond motifs is 1. The number of aryl methyl sites for hydroxylation is 1. The summed E-state index contributed by atoms with van der Waals surface area (Å²) in [5.74, 6) is 1.43. The van der Waals surface area contributed by atoms with Crippen LogP contribution in [0.2, 0.25) is 0 Å². The van der Waals surface area contributed by atoms with Gasteiger partial charge in [-0.05, 0) is 12.3 Å². The Morgan fingerprint density at radius 3 is 3.08 bits per heavy atom. The summed E-state index contributed by atoms with van der Waals surface area (Å²) in [4.78, 5) is 0. The first-order valence-electron chi connectivity index (χ1n) is 4.60. The monoisotopic (exact) mass is 179 g/mol. The Bertz CT molecular complexity index is 340. The second-order valence-corrected chi connectivity index (χ2v) is 4.15. The maximum absolute atomic E-state index is 5.75. The SMILES string of the molecule is Cn1nc(C23COCC2C3)cc1N. The van der Waals surface area contributed by atoms with E-state index < -0.39 is 0 Å². The van der Waals surface area contributed by atoms with E-state index in [2.05, 4.69) is 5.10 Å². The maximum atomic E-state index is 5.75. The standard InChI is InChI=1S/C9H13N3O/c1-12-8(10)2-7(11-12)9-3-6(9)4-13-5-9/h2,6H,3-5,10H2,1H3. The Labute approximate surface area is 76.7 Å². The molecule has 3 rings (SSSR count). The third-order valence-corrected chi connectivity index (χ3v) is 3.34. The first-order valence-corrected chi connectivity index (χ1v) is 4.60. The molecule has 1 saturated carbocycles. The van der Waals surface area contributed by atoms with Crippen molar-refractivity contribution in [3.05, 3.63) is 11.8 Å². The summed E-state index contributed by atoms with van der Waals surface area (Å²) in [6.07, 6.45) is 1.23. The molecule has 2 N–H and O–H groups in total. The highest BCUT2D eigenvalue weighted by Crippen LogP contribution is 2.57. The van der Waals surface area contributed by atoms with Gasteiger partial charge in [-0.25, -0.2) is 0 Å². The number of anilines is 1. The van der Waals surface area contributed by atoms with E-state index in [1.165, 1.54) is 6.42 Å². The summed E-state index contributed by atoms with van der Waals surface area (Å²) in [6, 6.07) is 1.98. The van der Waals surface area contributed by atoms with Crippen molar-refractivity contribution >= 4 is 5.82 Å². The molecule has 70 valence electrons. The zero-order valence-corrected chi connectivity index (χ0v) is 7.66. The van der Waals surface area contributed by atoms with Crippen LogP contribution in [0.5, 0.6) is 0 Å². The van der Waals surface area contributed by atoms with E-state index in [-0.39, 0.29) is 5.41 Å². The van der Waals surface area contributed by atoms with E-state index in [0.29, 0.717) is 5.92 Å². The van der Waals surface area contributed by atoms with Crippen molar-refractivity contribution < 1.29 is 4.74 Å². The van der Waals surface area contributed by atoms with Crippen LogP contribution in [0.15, 0.2) is 6.07 Å². The molecule has 13 heavy (non-hydrogen) atoms. The normalized spacial score (nSPS) is 36.2. The average Bonchev–Trinajstić information content (AvgIpc) is 2.48. The molecule has 2 atom stereocenters. The van der Waals surface area contributed by atoms with Crippen LogP contribution in [0.1, 0.15) is 12.1 Å². The molecule has 2 heterocycles. The summed E-state index contributed by atoms with van der Waals surface area (Å²) in [7, 11) is 1.88. The van der Waals surface area contributed by atoms with Crippen molar-refractivity contribution in [2.75, 3.05) is 18.9 Å². The molecule has 2 unspecified atom stereocenters. The van der Waals surface area contributed by atoms with Gasteiger partial charge in [0.05, 0.1) is 18.9 Å². The van der Waals surface area contributed by atoms with Crippen LogP contribution in [0.25, 0.3) is 0 Å². The zero-order chi connectivity index (χ0) is 9.05. The molecule has 1 saturated heterocycles. The number of nitrogens with two attached hydrogens (primary N) is 1. The summed E-state index contributed by atoms with van der Waals surface area (Å²) in [5.41, 5.74) is 7.10. The highest BCUT2D eigenvalue weighted by atomic mass is 16.5. The van der Waals surface area contributed by atoms with Crippen molar-refractivity contribution in [3.63, 3.8) is 0 Å². The lowest BCUT2D eigenvalue weighted by Crippen LogP contribution is -2.12. The lowest BCUT2D eigenvalue weighted by molar-refractivity contribution is 0.159. The van der Waals surface area contributed by atoms with E-state index >= 15 is 0 Å². The Kier molecular flexibility index (Phi) is 1.17. The van der Waals surface area contributed by atoms with Gasteiger partial charge in [0, 0.05) is 18.5 Å². The van der Waals surface area contributed by atoms with Crippen molar-refractivity contribution in [2.45, 2.75) is 11.8 Å². The molecular formula is C9H13N3O.